The molecule has 6 heteroatoms. The number of nitrogens with zero attached hydrogens (tertiary/aromatic N) is 3. The second kappa shape index (κ2) is 5.84. The first-order valence-electron chi connectivity index (χ1n) is 8.70. The SMILES string of the molecule is C[C@H]1CN(C(=O)[C@H]2CCOC2)C[C@@]12CCN(c1cccnc1)C2=O. The summed E-state index contributed by atoms with van der Waals surface area (Å²) in [6.07, 6.45) is 5.04. The third-order valence-electron chi connectivity index (χ3n) is 5.91. The molecule has 0 bridgehead atoms. The summed E-state index contributed by atoms with van der Waals surface area (Å²) in [4.78, 5) is 33.7. The summed E-state index contributed by atoms with van der Waals surface area (Å²) in [5.41, 5.74) is 0.408. The van der Waals surface area contributed by atoms with E-state index in [0.29, 0.717) is 32.8 Å². The summed E-state index contributed by atoms with van der Waals surface area (Å²) >= 11 is 0. The fraction of sp³-hybridized carbons (Fsp3) is 0.611. The first-order valence-corrected chi connectivity index (χ1v) is 8.70. The Hall–Kier alpha value is -1.95. The maximum absolute atomic E-state index is 13.2. The van der Waals surface area contributed by atoms with Crippen LogP contribution in [0.25, 0.3) is 0 Å². The van der Waals surface area contributed by atoms with Gasteiger partial charge in [-0.05, 0) is 30.9 Å². The van der Waals surface area contributed by atoms with E-state index in [-0.39, 0.29) is 23.7 Å². The molecule has 3 atom stereocenters. The summed E-state index contributed by atoms with van der Waals surface area (Å²) in [6.45, 7) is 5.19. The Balaban J connectivity index is 1.53. The Kier molecular flexibility index (Phi) is 3.79. The van der Waals surface area contributed by atoms with Crippen molar-refractivity contribution in [2.75, 3.05) is 37.7 Å². The molecule has 1 spiro atoms. The lowest BCUT2D eigenvalue weighted by atomic mass is 9.78. The molecule has 128 valence electrons. The number of ether oxygens (including phenoxy) is 1. The number of hydrogen-bond donors (Lipinski definition) is 0. The monoisotopic (exact) mass is 329 g/mol. The molecule has 0 aliphatic carbocycles. The van der Waals surface area contributed by atoms with E-state index in [1.165, 1.54) is 0 Å². The molecule has 0 aromatic carbocycles. The molecule has 3 aliphatic rings. The van der Waals surface area contributed by atoms with E-state index < -0.39 is 5.41 Å². The van der Waals surface area contributed by atoms with Gasteiger partial charge < -0.3 is 14.5 Å². The van der Waals surface area contributed by atoms with Gasteiger partial charge in [0.1, 0.15) is 0 Å². The standard InChI is InChI=1S/C18H23N3O3/c1-13-10-20(16(22)14-4-8-24-11-14)12-18(13)5-7-21(17(18)23)15-3-2-6-19-9-15/h2-3,6,9,13-14H,4-5,7-8,10-12H2,1H3/t13-,14-,18-/m0/s1. The van der Waals surface area contributed by atoms with Crippen LogP contribution in [-0.2, 0) is 14.3 Å². The van der Waals surface area contributed by atoms with Gasteiger partial charge in [-0.1, -0.05) is 6.92 Å². The van der Waals surface area contributed by atoms with Crippen molar-refractivity contribution in [3.63, 3.8) is 0 Å². The number of likely N-dealkylation sites (tertiary alicyclic amines) is 1. The van der Waals surface area contributed by atoms with Crippen LogP contribution in [0.5, 0.6) is 0 Å². The van der Waals surface area contributed by atoms with E-state index in [1.54, 1.807) is 12.4 Å². The van der Waals surface area contributed by atoms with Crippen molar-refractivity contribution in [3.05, 3.63) is 24.5 Å². The highest BCUT2D eigenvalue weighted by molar-refractivity contribution is 6.01. The van der Waals surface area contributed by atoms with Gasteiger partial charge in [-0.3, -0.25) is 14.6 Å². The van der Waals surface area contributed by atoms with Crippen molar-refractivity contribution >= 4 is 17.5 Å². The number of aromatic nitrogens is 1. The molecule has 0 N–H and O–H groups in total. The number of carbonyl (C=O) groups is 2. The van der Waals surface area contributed by atoms with Crippen LogP contribution in [0, 0.1) is 17.3 Å². The molecule has 3 aliphatic heterocycles. The lowest BCUT2D eigenvalue weighted by molar-refractivity contribution is -0.135. The average Bonchev–Trinajstić information content (AvgIpc) is 3.31. The van der Waals surface area contributed by atoms with Gasteiger partial charge in [-0.2, -0.15) is 0 Å². The lowest BCUT2D eigenvalue weighted by Gasteiger charge is -2.26. The maximum Gasteiger partial charge on any atom is 0.235 e. The molecule has 3 fully saturated rings. The third kappa shape index (κ3) is 2.32. The zero-order chi connectivity index (χ0) is 16.7. The molecular weight excluding hydrogens is 306 g/mol. The Morgan fingerprint density at radius 3 is 3.04 bits per heavy atom. The number of anilines is 1. The molecule has 0 radical (unpaired) electrons. The summed E-state index contributed by atoms with van der Waals surface area (Å²) in [5, 5.41) is 0. The van der Waals surface area contributed by atoms with E-state index in [4.69, 9.17) is 4.74 Å². The molecule has 4 rings (SSSR count). The molecular formula is C18H23N3O3. The van der Waals surface area contributed by atoms with E-state index in [2.05, 4.69) is 11.9 Å². The van der Waals surface area contributed by atoms with Crippen LogP contribution in [0.1, 0.15) is 19.8 Å². The van der Waals surface area contributed by atoms with Crippen LogP contribution in [0.2, 0.25) is 0 Å². The van der Waals surface area contributed by atoms with E-state index >= 15 is 0 Å². The molecule has 1 aromatic rings. The van der Waals surface area contributed by atoms with Crippen molar-refractivity contribution in [2.24, 2.45) is 17.3 Å². The Labute approximate surface area is 141 Å². The van der Waals surface area contributed by atoms with Crippen molar-refractivity contribution in [2.45, 2.75) is 19.8 Å². The van der Waals surface area contributed by atoms with Crippen LogP contribution in [0.4, 0.5) is 5.69 Å². The Bertz CT molecular complexity index is 644. The van der Waals surface area contributed by atoms with E-state index in [9.17, 15) is 9.59 Å². The number of pyridine rings is 1. The van der Waals surface area contributed by atoms with Crippen LogP contribution >= 0.6 is 0 Å². The molecule has 2 amide bonds. The van der Waals surface area contributed by atoms with Gasteiger partial charge in [-0.25, -0.2) is 0 Å². The summed E-state index contributed by atoms with van der Waals surface area (Å²) in [7, 11) is 0. The molecule has 24 heavy (non-hydrogen) atoms. The topological polar surface area (TPSA) is 62.7 Å². The first-order chi connectivity index (χ1) is 11.6. The fourth-order valence-corrected chi connectivity index (χ4v) is 4.37. The van der Waals surface area contributed by atoms with Crippen molar-refractivity contribution in [1.82, 2.24) is 9.88 Å². The summed E-state index contributed by atoms with van der Waals surface area (Å²) < 4.78 is 5.35. The highest BCUT2D eigenvalue weighted by Gasteiger charge is 2.56. The van der Waals surface area contributed by atoms with Crippen molar-refractivity contribution in [1.29, 1.82) is 0 Å². The predicted molar refractivity (Wildman–Crippen MR) is 88.3 cm³/mol. The highest BCUT2D eigenvalue weighted by Crippen LogP contribution is 2.46. The van der Waals surface area contributed by atoms with Gasteiger partial charge >= 0.3 is 0 Å². The van der Waals surface area contributed by atoms with Crippen molar-refractivity contribution < 1.29 is 14.3 Å². The minimum atomic E-state index is -0.440. The van der Waals surface area contributed by atoms with E-state index in [0.717, 1.165) is 18.5 Å². The minimum absolute atomic E-state index is 0.0294. The first kappa shape index (κ1) is 15.6. The minimum Gasteiger partial charge on any atom is -0.381 e. The van der Waals surface area contributed by atoms with Crippen LogP contribution < -0.4 is 4.90 Å². The van der Waals surface area contributed by atoms with Gasteiger partial charge in [0.05, 0.1) is 29.8 Å². The predicted octanol–water partition coefficient (Wildman–Crippen LogP) is 1.32. The second-order valence-electron chi connectivity index (χ2n) is 7.25. The van der Waals surface area contributed by atoms with Gasteiger partial charge in [0, 0.05) is 32.4 Å². The zero-order valence-corrected chi connectivity index (χ0v) is 14.0. The maximum atomic E-state index is 13.2. The largest absolute Gasteiger partial charge is 0.381 e. The normalized spacial score (nSPS) is 33.0. The van der Waals surface area contributed by atoms with Gasteiger partial charge in [0.15, 0.2) is 0 Å². The molecule has 3 saturated heterocycles. The van der Waals surface area contributed by atoms with Crippen LogP contribution in [0.15, 0.2) is 24.5 Å². The number of carbonyl (C=O) groups excluding carboxylic acids is 2. The number of hydrogen-bond acceptors (Lipinski definition) is 4. The lowest BCUT2D eigenvalue weighted by Crippen LogP contribution is -2.41. The third-order valence-corrected chi connectivity index (χ3v) is 5.91. The number of rotatable bonds is 2. The molecule has 0 unspecified atom stereocenters. The fourth-order valence-electron chi connectivity index (χ4n) is 4.37. The summed E-state index contributed by atoms with van der Waals surface area (Å²) in [6, 6.07) is 3.77. The molecule has 4 heterocycles. The van der Waals surface area contributed by atoms with Gasteiger partial charge in [0.2, 0.25) is 11.8 Å². The summed E-state index contributed by atoms with van der Waals surface area (Å²) in [5.74, 6) is 0.445. The van der Waals surface area contributed by atoms with Crippen LogP contribution in [0.3, 0.4) is 0 Å². The number of amides is 2. The Morgan fingerprint density at radius 2 is 2.33 bits per heavy atom. The zero-order valence-electron chi connectivity index (χ0n) is 14.0. The second-order valence-corrected chi connectivity index (χ2v) is 7.25. The molecule has 6 nitrogen and oxygen atoms in total. The Morgan fingerprint density at radius 1 is 1.46 bits per heavy atom. The van der Waals surface area contributed by atoms with Crippen LogP contribution in [-0.4, -0.2) is 54.5 Å². The van der Waals surface area contributed by atoms with Crippen molar-refractivity contribution in [3.8, 4) is 0 Å². The average molecular weight is 329 g/mol. The molecule has 0 saturated carbocycles. The smallest absolute Gasteiger partial charge is 0.235 e. The van der Waals surface area contributed by atoms with Gasteiger partial charge in [0.25, 0.3) is 0 Å². The van der Waals surface area contributed by atoms with Gasteiger partial charge in [-0.15, -0.1) is 0 Å². The molecule has 1 aromatic heterocycles. The quantitative estimate of drug-likeness (QED) is 0.821. The van der Waals surface area contributed by atoms with E-state index in [1.807, 2.05) is 21.9 Å². The highest BCUT2D eigenvalue weighted by atomic mass is 16.5.